The Hall–Kier alpha value is -1.77. The number of hydrogen-bond donors (Lipinski definition) is 1. The predicted molar refractivity (Wildman–Crippen MR) is 63.6 cm³/mol. The molecule has 1 heterocycles. The number of nitrogens with one attached hydrogen (secondary N) is 1. The molecule has 0 unspecified atom stereocenters. The van der Waals surface area contributed by atoms with Gasteiger partial charge in [-0.05, 0) is 19.4 Å². The van der Waals surface area contributed by atoms with Gasteiger partial charge in [0.2, 0.25) is 0 Å². The lowest BCUT2D eigenvalue weighted by Crippen LogP contribution is -2.06. The Morgan fingerprint density at radius 1 is 1.31 bits per heavy atom. The van der Waals surface area contributed by atoms with Gasteiger partial charge in [0.05, 0.1) is 12.2 Å². The summed E-state index contributed by atoms with van der Waals surface area (Å²) < 4.78 is 5.08. The van der Waals surface area contributed by atoms with Crippen LogP contribution in [0.5, 0.6) is 0 Å². The number of fused-ring (bicyclic) bond motifs is 1. The fourth-order valence-corrected chi connectivity index (χ4v) is 1.90. The largest absolute Gasteiger partial charge is 0.462 e. The van der Waals surface area contributed by atoms with Crippen LogP contribution in [0.25, 0.3) is 10.9 Å². The first-order chi connectivity index (χ1) is 7.77. The van der Waals surface area contributed by atoms with Gasteiger partial charge in [0.15, 0.2) is 0 Å². The molecular weight excluding hydrogens is 202 g/mol. The zero-order valence-electron chi connectivity index (χ0n) is 9.54. The summed E-state index contributed by atoms with van der Waals surface area (Å²) in [5.41, 5.74) is 2.61. The lowest BCUT2D eigenvalue weighted by atomic mass is 10.1. The SMILES string of the molecule is CCOC(=O)c1c(CC)[nH]c2ccccc12. The Kier molecular flexibility index (Phi) is 2.95. The molecule has 0 saturated heterocycles. The number of aryl methyl sites for hydroxylation is 1. The van der Waals surface area contributed by atoms with Gasteiger partial charge in [0, 0.05) is 16.6 Å². The van der Waals surface area contributed by atoms with E-state index in [2.05, 4.69) is 4.98 Å². The van der Waals surface area contributed by atoms with Gasteiger partial charge in [-0.25, -0.2) is 4.79 Å². The van der Waals surface area contributed by atoms with Crippen molar-refractivity contribution in [3.63, 3.8) is 0 Å². The van der Waals surface area contributed by atoms with Gasteiger partial charge in [-0.15, -0.1) is 0 Å². The van der Waals surface area contributed by atoms with Crippen LogP contribution in [0.1, 0.15) is 29.9 Å². The van der Waals surface area contributed by atoms with E-state index in [1.165, 1.54) is 0 Å². The minimum Gasteiger partial charge on any atom is -0.462 e. The minimum absolute atomic E-state index is 0.239. The van der Waals surface area contributed by atoms with Crippen LogP contribution in [0.2, 0.25) is 0 Å². The molecule has 0 saturated carbocycles. The smallest absolute Gasteiger partial charge is 0.340 e. The summed E-state index contributed by atoms with van der Waals surface area (Å²) in [5.74, 6) is -0.239. The molecule has 2 aromatic rings. The maximum atomic E-state index is 11.9. The average molecular weight is 217 g/mol. The van der Waals surface area contributed by atoms with E-state index in [1.807, 2.05) is 38.1 Å². The highest BCUT2D eigenvalue weighted by Crippen LogP contribution is 2.23. The van der Waals surface area contributed by atoms with Crippen LogP contribution in [-0.4, -0.2) is 17.6 Å². The number of aromatic amines is 1. The third-order valence-electron chi connectivity index (χ3n) is 2.62. The molecule has 84 valence electrons. The average Bonchev–Trinajstić information content (AvgIpc) is 2.67. The summed E-state index contributed by atoms with van der Waals surface area (Å²) in [7, 11) is 0. The van der Waals surface area contributed by atoms with E-state index >= 15 is 0 Å². The highest BCUT2D eigenvalue weighted by molar-refractivity contribution is 6.05. The first kappa shape index (κ1) is 10.7. The molecule has 1 N–H and O–H groups in total. The number of ether oxygens (including phenoxy) is 1. The van der Waals surface area contributed by atoms with Crippen molar-refractivity contribution in [2.24, 2.45) is 0 Å². The Balaban J connectivity index is 2.60. The van der Waals surface area contributed by atoms with E-state index in [-0.39, 0.29) is 5.97 Å². The second kappa shape index (κ2) is 4.39. The first-order valence-corrected chi connectivity index (χ1v) is 5.54. The Bertz CT molecular complexity index is 514. The molecule has 0 aliphatic carbocycles. The molecule has 0 aliphatic heterocycles. The Morgan fingerprint density at radius 2 is 2.06 bits per heavy atom. The Morgan fingerprint density at radius 3 is 2.75 bits per heavy atom. The summed E-state index contributed by atoms with van der Waals surface area (Å²) >= 11 is 0. The van der Waals surface area contributed by atoms with Gasteiger partial charge in [0.25, 0.3) is 0 Å². The summed E-state index contributed by atoms with van der Waals surface area (Å²) in [6.45, 7) is 4.24. The van der Waals surface area contributed by atoms with Crippen LogP contribution in [0, 0.1) is 0 Å². The highest BCUT2D eigenvalue weighted by atomic mass is 16.5. The second-order valence-electron chi connectivity index (χ2n) is 3.60. The van der Waals surface area contributed by atoms with Crippen molar-refractivity contribution in [2.75, 3.05) is 6.61 Å². The molecule has 1 aromatic carbocycles. The van der Waals surface area contributed by atoms with E-state index in [1.54, 1.807) is 0 Å². The monoisotopic (exact) mass is 217 g/mol. The van der Waals surface area contributed by atoms with E-state index < -0.39 is 0 Å². The summed E-state index contributed by atoms with van der Waals surface area (Å²) in [5, 5.41) is 0.942. The van der Waals surface area contributed by atoms with Crippen molar-refractivity contribution in [1.82, 2.24) is 4.98 Å². The topological polar surface area (TPSA) is 42.1 Å². The van der Waals surface area contributed by atoms with Crippen molar-refractivity contribution in [3.8, 4) is 0 Å². The zero-order valence-corrected chi connectivity index (χ0v) is 9.54. The van der Waals surface area contributed by atoms with Gasteiger partial charge in [-0.2, -0.15) is 0 Å². The van der Waals surface area contributed by atoms with Crippen molar-refractivity contribution in [3.05, 3.63) is 35.5 Å². The van der Waals surface area contributed by atoms with Crippen LogP contribution < -0.4 is 0 Å². The predicted octanol–water partition coefficient (Wildman–Crippen LogP) is 2.91. The number of H-pyrrole nitrogens is 1. The lowest BCUT2D eigenvalue weighted by Gasteiger charge is -2.02. The quantitative estimate of drug-likeness (QED) is 0.803. The first-order valence-electron chi connectivity index (χ1n) is 5.54. The number of para-hydroxylation sites is 1. The highest BCUT2D eigenvalue weighted by Gasteiger charge is 2.17. The van der Waals surface area contributed by atoms with Crippen LogP contribution in [0.4, 0.5) is 0 Å². The number of esters is 1. The van der Waals surface area contributed by atoms with Crippen LogP contribution in [0.15, 0.2) is 24.3 Å². The number of carbonyl (C=O) groups is 1. The normalized spacial score (nSPS) is 10.6. The second-order valence-corrected chi connectivity index (χ2v) is 3.60. The molecule has 0 fully saturated rings. The molecule has 2 rings (SSSR count). The van der Waals surface area contributed by atoms with Crippen LogP contribution in [0.3, 0.4) is 0 Å². The van der Waals surface area contributed by atoms with Gasteiger partial charge >= 0.3 is 5.97 Å². The molecule has 0 amide bonds. The molecule has 0 aliphatic rings. The molecule has 0 radical (unpaired) electrons. The lowest BCUT2D eigenvalue weighted by molar-refractivity contribution is 0.0527. The van der Waals surface area contributed by atoms with Crippen molar-refractivity contribution >= 4 is 16.9 Å². The number of hydrogen-bond acceptors (Lipinski definition) is 2. The van der Waals surface area contributed by atoms with Crippen molar-refractivity contribution in [2.45, 2.75) is 20.3 Å². The van der Waals surface area contributed by atoms with Gasteiger partial charge in [-0.3, -0.25) is 0 Å². The van der Waals surface area contributed by atoms with E-state index in [4.69, 9.17) is 4.74 Å². The molecule has 3 nitrogen and oxygen atoms in total. The van der Waals surface area contributed by atoms with Crippen LogP contribution >= 0.6 is 0 Å². The molecule has 1 aromatic heterocycles. The number of aromatic nitrogens is 1. The van der Waals surface area contributed by atoms with E-state index in [0.29, 0.717) is 12.2 Å². The Labute approximate surface area is 94.4 Å². The van der Waals surface area contributed by atoms with Crippen molar-refractivity contribution in [1.29, 1.82) is 0 Å². The third-order valence-corrected chi connectivity index (χ3v) is 2.62. The fourth-order valence-electron chi connectivity index (χ4n) is 1.90. The van der Waals surface area contributed by atoms with E-state index in [9.17, 15) is 4.79 Å². The van der Waals surface area contributed by atoms with Gasteiger partial charge < -0.3 is 9.72 Å². The number of rotatable bonds is 3. The van der Waals surface area contributed by atoms with E-state index in [0.717, 1.165) is 23.0 Å². The zero-order chi connectivity index (χ0) is 11.5. The standard InChI is InChI=1S/C13H15NO2/c1-3-10-12(13(15)16-4-2)9-7-5-6-8-11(9)14-10/h5-8,14H,3-4H2,1-2H3. The minimum atomic E-state index is -0.239. The molecular formula is C13H15NO2. The molecule has 0 atom stereocenters. The molecule has 16 heavy (non-hydrogen) atoms. The summed E-state index contributed by atoms with van der Waals surface area (Å²) in [6, 6.07) is 7.79. The van der Waals surface area contributed by atoms with Gasteiger partial charge in [0.1, 0.15) is 0 Å². The molecule has 0 bridgehead atoms. The van der Waals surface area contributed by atoms with Crippen LogP contribution in [-0.2, 0) is 11.2 Å². The maximum absolute atomic E-state index is 11.9. The summed E-state index contributed by atoms with van der Waals surface area (Å²) in [4.78, 5) is 15.1. The fraction of sp³-hybridized carbons (Fsp3) is 0.308. The number of benzene rings is 1. The molecule has 0 spiro atoms. The number of carbonyl (C=O) groups excluding carboxylic acids is 1. The maximum Gasteiger partial charge on any atom is 0.340 e. The van der Waals surface area contributed by atoms with Crippen molar-refractivity contribution < 1.29 is 9.53 Å². The third kappa shape index (κ3) is 1.69. The summed E-state index contributed by atoms with van der Waals surface area (Å²) in [6.07, 6.45) is 0.794. The van der Waals surface area contributed by atoms with Gasteiger partial charge in [-0.1, -0.05) is 25.1 Å². The molecule has 3 heteroatoms.